The van der Waals surface area contributed by atoms with Crippen molar-refractivity contribution < 1.29 is 23.3 Å². The second-order valence-corrected chi connectivity index (χ2v) is 11.7. The number of furan rings is 1. The van der Waals surface area contributed by atoms with Crippen molar-refractivity contribution in [1.29, 1.82) is 0 Å². The average Bonchev–Trinajstić information content (AvgIpc) is 3.47. The first-order valence-electron chi connectivity index (χ1n) is 13.6. The molecule has 7 rings (SSSR count). The van der Waals surface area contributed by atoms with Crippen LogP contribution in [0.15, 0.2) is 65.3 Å². The Labute approximate surface area is 219 Å². The minimum atomic E-state index is -0.708. The molecule has 0 radical (unpaired) electrons. The van der Waals surface area contributed by atoms with Gasteiger partial charge in [-0.1, -0.05) is 62.4 Å². The fraction of sp³-hybridized carbons (Fsp3) is 0.500. The van der Waals surface area contributed by atoms with Crippen LogP contribution in [0.25, 0.3) is 11.0 Å². The van der Waals surface area contributed by atoms with E-state index in [1.807, 2.05) is 55.5 Å². The number of ether oxygens (including phenoxy) is 1. The Morgan fingerprint density at radius 2 is 1.86 bits per heavy atom. The van der Waals surface area contributed by atoms with Crippen LogP contribution in [0.1, 0.15) is 57.8 Å². The first-order chi connectivity index (χ1) is 17.8. The fourth-order valence-corrected chi connectivity index (χ4v) is 7.09. The first-order valence-corrected chi connectivity index (χ1v) is 13.6. The van der Waals surface area contributed by atoms with Crippen molar-refractivity contribution in [3.05, 3.63) is 72.0 Å². The lowest BCUT2D eigenvalue weighted by atomic mass is 9.43. The van der Waals surface area contributed by atoms with E-state index in [1.165, 1.54) is 6.42 Å². The van der Waals surface area contributed by atoms with Crippen LogP contribution in [0.4, 0.5) is 0 Å². The highest BCUT2D eigenvalue weighted by Gasteiger charge is 2.68. The number of hydrogen-bond donors (Lipinski definition) is 1. The molecule has 1 N–H and O–H groups in total. The summed E-state index contributed by atoms with van der Waals surface area (Å²) in [6.07, 6.45) is 3.82. The van der Waals surface area contributed by atoms with Gasteiger partial charge in [0.15, 0.2) is 6.10 Å². The number of rotatable bonds is 8. The highest BCUT2D eigenvalue weighted by molar-refractivity contribution is 6.48. The minimum absolute atomic E-state index is 0.0339. The quantitative estimate of drug-likeness (QED) is 0.413. The minimum Gasteiger partial charge on any atom is -0.464 e. The zero-order valence-electron chi connectivity index (χ0n) is 22.1. The van der Waals surface area contributed by atoms with Crippen molar-refractivity contribution in [1.82, 2.24) is 5.32 Å². The highest BCUT2D eigenvalue weighted by Crippen LogP contribution is 2.65. The fourth-order valence-electron chi connectivity index (χ4n) is 7.09. The van der Waals surface area contributed by atoms with Crippen molar-refractivity contribution in [3.8, 4) is 0 Å². The first kappa shape index (κ1) is 24.7. The molecule has 3 aliphatic carbocycles. The Morgan fingerprint density at radius 3 is 2.62 bits per heavy atom. The molecule has 194 valence electrons. The van der Waals surface area contributed by atoms with E-state index in [1.54, 1.807) is 6.26 Å². The van der Waals surface area contributed by atoms with Gasteiger partial charge >= 0.3 is 7.12 Å². The normalized spacial score (nSPS) is 29.4. The second kappa shape index (κ2) is 9.30. The Hall–Kier alpha value is -2.61. The van der Waals surface area contributed by atoms with Gasteiger partial charge < -0.3 is 23.8 Å². The zero-order valence-corrected chi connectivity index (χ0v) is 22.1. The second-order valence-electron chi connectivity index (χ2n) is 11.7. The van der Waals surface area contributed by atoms with E-state index in [0.29, 0.717) is 24.9 Å². The summed E-state index contributed by atoms with van der Waals surface area (Å²) in [6.45, 7) is 9.25. The van der Waals surface area contributed by atoms with Gasteiger partial charge in [0.05, 0.1) is 23.9 Å². The Balaban J connectivity index is 1.29. The van der Waals surface area contributed by atoms with E-state index in [9.17, 15) is 4.79 Å². The number of carbonyl (C=O) groups is 1. The van der Waals surface area contributed by atoms with Crippen molar-refractivity contribution >= 4 is 24.0 Å². The van der Waals surface area contributed by atoms with Crippen LogP contribution in [0.2, 0.25) is 0 Å². The molecule has 1 aromatic heterocycles. The predicted octanol–water partition coefficient (Wildman–Crippen LogP) is 5.51. The maximum Gasteiger partial charge on any atom is 0.482 e. The molecule has 6 atom stereocenters. The van der Waals surface area contributed by atoms with Crippen molar-refractivity contribution in [2.24, 2.45) is 17.3 Å². The number of amides is 1. The summed E-state index contributed by atoms with van der Waals surface area (Å²) in [5.41, 5.74) is 2.56. The number of benzene rings is 2. The zero-order chi connectivity index (χ0) is 25.8. The number of para-hydroxylation sites is 1. The lowest BCUT2D eigenvalue weighted by Crippen LogP contribution is -2.65. The van der Waals surface area contributed by atoms with Gasteiger partial charge in [0.2, 0.25) is 0 Å². The van der Waals surface area contributed by atoms with Gasteiger partial charge in [0.1, 0.15) is 5.58 Å². The SMILES string of the molecule is CCO[C@@H](C(=O)N[C@@H](Cc1coc2ccccc12)B1O[C@@H]2CC3CC(C3(C)C)[C@]2(C)O1)c1ccccc1. The van der Waals surface area contributed by atoms with Crippen LogP contribution in [0.5, 0.6) is 0 Å². The maximum atomic E-state index is 13.7. The monoisotopic (exact) mass is 501 g/mol. The molecule has 1 aliphatic heterocycles. The summed E-state index contributed by atoms with van der Waals surface area (Å²) in [5, 5.41) is 4.30. The van der Waals surface area contributed by atoms with E-state index >= 15 is 0 Å². The van der Waals surface area contributed by atoms with Crippen molar-refractivity contribution in [2.75, 3.05) is 6.61 Å². The van der Waals surface area contributed by atoms with Crippen LogP contribution in [0.3, 0.4) is 0 Å². The van der Waals surface area contributed by atoms with Crippen LogP contribution in [-0.2, 0) is 25.3 Å². The van der Waals surface area contributed by atoms with Crippen molar-refractivity contribution in [2.45, 2.75) is 70.7 Å². The van der Waals surface area contributed by atoms with E-state index in [4.69, 9.17) is 18.5 Å². The lowest BCUT2D eigenvalue weighted by Gasteiger charge is -2.64. The maximum absolute atomic E-state index is 13.7. The van der Waals surface area contributed by atoms with Gasteiger partial charge in [-0.3, -0.25) is 4.79 Å². The van der Waals surface area contributed by atoms with Crippen LogP contribution >= 0.6 is 0 Å². The smallest absolute Gasteiger partial charge is 0.464 e. The predicted molar refractivity (Wildman–Crippen MR) is 143 cm³/mol. The molecule has 4 aliphatic rings. The molecule has 2 bridgehead atoms. The summed E-state index contributed by atoms with van der Waals surface area (Å²) in [5.74, 6) is 0.509. The molecule has 2 unspecified atom stereocenters. The molecule has 1 saturated heterocycles. The molecule has 7 heteroatoms. The number of hydrogen-bond acceptors (Lipinski definition) is 5. The average molecular weight is 501 g/mol. The van der Waals surface area contributed by atoms with Gasteiger partial charge in [-0.25, -0.2) is 0 Å². The number of carbonyl (C=O) groups excluding carboxylic acids is 1. The third-order valence-electron chi connectivity index (χ3n) is 9.30. The number of fused-ring (bicyclic) bond motifs is 1. The molecular formula is C30H36BNO5. The Kier molecular flexibility index (Phi) is 6.21. The van der Waals surface area contributed by atoms with E-state index in [0.717, 1.165) is 28.5 Å². The van der Waals surface area contributed by atoms with Crippen LogP contribution in [0, 0.1) is 17.3 Å². The van der Waals surface area contributed by atoms with Crippen molar-refractivity contribution in [3.63, 3.8) is 0 Å². The summed E-state index contributed by atoms with van der Waals surface area (Å²) in [4.78, 5) is 13.7. The van der Waals surface area contributed by atoms with Gasteiger partial charge in [-0.2, -0.15) is 0 Å². The highest BCUT2D eigenvalue weighted by atomic mass is 16.7. The molecule has 2 heterocycles. The van der Waals surface area contributed by atoms with Gasteiger partial charge in [-0.05, 0) is 67.6 Å². The molecule has 1 amide bonds. The van der Waals surface area contributed by atoms with E-state index in [-0.39, 0.29) is 23.0 Å². The standard InChI is InChI=1S/C30H36BNO5/c1-5-34-27(19-11-7-6-8-12-19)28(33)32-26(15-20-18-35-23-14-10-9-13-22(20)23)31-36-25-17-21-16-24(29(21,2)3)30(25,4)37-31/h6-14,18,21,24-27H,5,15-17H2,1-4H3,(H,32,33)/t21?,24?,25-,26+,27-,30+/m1/s1. The molecule has 2 aromatic carbocycles. The Morgan fingerprint density at radius 1 is 1.11 bits per heavy atom. The largest absolute Gasteiger partial charge is 0.482 e. The van der Waals surface area contributed by atoms with Crippen LogP contribution < -0.4 is 5.32 Å². The van der Waals surface area contributed by atoms with Crippen LogP contribution in [-0.4, -0.2) is 37.3 Å². The number of nitrogens with one attached hydrogen (secondary N) is 1. The molecular weight excluding hydrogens is 465 g/mol. The molecule has 6 nitrogen and oxygen atoms in total. The van der Waals surface area contributed by atoms with E-state index < -0.39 is 19.2 Å². The van der Waals surface area contributed by atoms with Gasteiger partial charge in [0, 0.05) is 12.0 Å². The topological polar surface area (TPSA) is 69.9 Å². The molecule has 3 aromatic rings. The summed E-state index contributed by atoms with van der Waals surface area (Å²) in [6, 6.07) is 17.6. The summed E-state index contributed by atoms with van der Waals surface area (Å²) < 4.78 is 25.2. The lowest BCUT2D eigenvalue weighted by molar-refractivity contribution is -0.199. The molecule has 3 saturated carbocycles. The van der Waals surface area contributed by atoms with E-state index in [2.05, 4.69) is 32.2 Å². The van der Waals surface area contributed by atoms with Gasteiger partial charge in [-0.15, -0.1) is 0 Å². The Bertz CT molecular complexity index is 1280. The van der Waals surface area contributed by atoms with Gasteiger partial charge in [0.25, 0.3) is 5.91 Å². The summed E-state index contributed by atoms with van der Waals surface area (Å²) >= 11 is 0. The molecule has 37 heavy (non-hydrogen) atoms. The third kappa shape index (κ3) is 4.12. The summed E-state index contributed by atoms with van der Waals surface area (Å²) in [7, 11) is -0.555. The third-order valence-corrected chi connectivity index (χ3v) is 9.30. The molecule has 4 fully saturated rings. The molecule has 0 spiro atoms.